The van der Waals surface area contributed by atoms with Gasteiger partial charge in [0.2, 0.25) is 5.91 Å². The molecule has 3 aromatic rings. The molecule has 3 heterocycles. The second kappa shape index (κ2) is 7.10. The van der Waals surface area contributed by atoms with Crippen LogP contribution in [0.5, 0.6) is 0 Å². The third-order valence-electron chi connectivity index (χ3n) is 4.64. The largest absolute Gasteiger partial charge is 0.416 e. The second-order valence-electron chi connectivity index (χ2n) is 6.70. The third-order valence-corrected chi connectivity index (χ3v) is 4.64. The first-order chi connectivity index (χ1) is 13.4. The van der Waals surface area contributed by atoms with Crippen molar-refractivity contribution < 1.29 is 18.0 Å². The molecule has 0 unspecified atom stereocenters. The molecule has 0 aliphatic carbocycles. The lowest BCUT2D eigenvalue weighted by molar-refractivity contribution is -0.137. The van der Waals surface area contributed by atoms with E-state index < -0.39 is 11.7 Å². The summed E-state index contributed by atoms with van der Waals surface area (Å²) in [4.78, 5) is 14.3. The van der Waals surface area contributed by atoms with E-state index in [4.69, 9.17) is 0 Å². The lowest BCUT2D eigenvalue weighted by Crippen LogP contribution is -2.38. The van der Waals surface area contributed by atoms with Crippen molar-refractivity contribution >= 4 is 17.4 Å². The van der Waals surface area contributed by atoms with Crippen LogP contribution in [0.1, 0.15) is 17.5 Å². The summed E-state index contributed by atoms with van der Waals surface area (Å²) in [5.41, 5.74) is 0.232. The standard InChI is InChI=1S/C18H17F3N6O/c19-18(20,21)13-3-1-2-12(8-13)9-17(28)23-14-6-7-26(10-14)16-5-4-15-24-22-11-27(15)25-16/h1-5,8,11,14H,6-7,9-10H2,(H,23,28)/t14-/m1/s1. The quantitative estimate of drug-likeness (QED) is 0.738. The van der Waals surface area contributed by atoms with Crippen molar-refractivity contribution in [2.75, 3.05) is 18.0 Å². The number of hydrogen-bond donors (Lipinski definition) is 1. The zero-order valence-electron chi connectivity index (χ0n) is 14.7. The number of hydrogen-bond acceptors (Lipinski definition) is 5. The van der Waals surface area contributed by atoms with Crippen molar-refractivity contribution in [3.63, 3.8) is 0 Å². The Hall–Kier alpha value is -3.17. The van der Waals surface area contributed by atoms with Crippen molar-refractivity contribution in [1.82, 2.24) is 25.1 Å². The summed E-state index contributed by atoms with van der Waals surface area (Å²) in [6.45, 7) is 1.30. The van der Waals surface area contributed by atoms with Crippen molar-refractivity contribution in [2.24, 2.45) is 0 Å². The summed E-state index contributed by atoms with van der Waals surface area (Å²) < 4.78 is 40.0. The number of halogens is 3. The molecule has 28 heavy (non-hydrogen) atoms. The van der Waals surface area contributed by atoms with Crippen LogP contribution in [-0.2, 0) is 17.4 Å². The zero-order chi connectivity index (χ0) is 19.7. The molecule has 4 rings (SSSR count). The van der Waals surface area contributed by atoms with E-state index in [0.29, 0.717) is 17.8 Å². The van der Waals surface area contributed by atoms with Gasteiger partial charge in [-0.25, -0.2) is 0 Å². The first-order valence-electron chi connectivity index (χ1n) is 8.76. The Morgan fingerprint density at radius 2 is 2.11 bits per heavy atom. The Morgan fingerprint density at radius 1 is 1.25 bits per heavy atom. The van der Waals surface area contributed by atoms with Gasteiger partial charge in [-0.1, -0.05) is 18.2 Å². The van der Waals surface area contributed by atoms with E-state index in [1.54, 1.807) is 4.52 Å². The molecule has 146 valence electrons. The highest BCUT2D eigenvalue weighted by Crippen LogP contribution is 2.29. The van der Waals surface area contributed by atoms with Gasteiger partial charge in [-0.3, -0.25) is 4.79 Å². The van der Waals surface area contributed by atoms with E-state index in [0.717, 1.165) is 30.9 Å². The number of anilines is 1. The lowest BCUT2D eigenvalue weighted by Gasteiger charge is -2.18. The summed E-state index contributed by atoms with van der Waals surface area (Å²) in [6.07, 6.45) is -2.26. The molecule has 2 aromatic heterocycles. The normalized spacial score (nSPS) is 17.2. The molecule has 1 N–H and O–H groups in total. The first kappa shape index (κ1) is 18.2. The summed E-state index contributed by atoms with van der Waals surface area (Å²) >= 11 is 0. The number of nitrogens with zero attached hydrogens (tertiary/aromatic N) is 5. The maximum absolute atomic E-state index is 12.8. The molecule has 7 nitrogen and oxygen atoms in total. The van der Waals surface area contributed by atoms with E-state index in [9.17, 15) is 18.0 Å². The number of rotatable bonds is 4. The third kappa shape index (κ3) is 3.90. The molecule has 1 atom stereocenters. The van der Waals surface area contributed by atoms with E-state index in [-0.39, 0.29) is 18.4 Å². The van der Waals surface area contributed by atoms with Gasteiger partial charge in [0, 0.05) is 19.1 Å². The minimum absolute atomic E-state index is 0.0864. The highest BCUT2D eigenvalue weighted by Gasteiger charge is 2.30. The summed E-state index contributed by atoms with van der Waals surface area (Å²) in [5, 5.41) is 15.0. The molecule has 1 aromatic carbocycles. The van der Waals surface area contributed by atoms with Crippen LogP contribution in [0.25, 0.3) is 5.65 Å². The van der Waals surface area contributed by atoms with Crippen LogP contribution in [0.4, 0.5) is 19.0 Å². The molecular weight excluding hydrogens is 373 g/mol. The van der Waals surface area contributed by atoms with Gasteiger partial charge in [-0.05, 0) is 30.2 Å². The SMILES string of the molecule is O=C(Cc1cccc(C(F)(F)F)c1)N[C@@H]1CCN(c2ccc3nncn3n2)C1. The maximum atomic E-state index is 12.8. The van der Waals surface area contributed by atoms with Gasteiger partial charge in [0.05, 0.1) is 12.0 Å². The molecular formula is C18H17F3N6O. The number of benzene rings is 1. The molecule has 0 radical (unpaired) electrons. The van der Waals surface area contributed by atoms with E-state index in [1.165, 1.54) is 18.5 Å². The fourth-order valence-electron chi connectivity index (χ4n) is 3.29. The van der Waals surface area contributed by atoms with Gasteiger partial charge in [0.15, 0.2) is 5.65 Å². The van der Waals surface area contributed by atoms with Crippen LogP contribution in [0, 0.1) is 0 Å². The smallest absolute Gasteiger partial charge is 0.353 e. The van der Waals surface area contributed by atoms with Gasteiger partial charge in [0.25, 0.3) is 0 Å². The predicted molar refractivity (Wildman–Crippen MR) is 94.7 cm³/mol. The zero-order valence-corrected chi connectivity index (χ0v) is 14.7. The summed E-state index contributed by atoms with van der Waals surface area (Å²) in [7, 11) is 0. The average molecular weight is 390 g/mol. The fourth-order valence-corrected chi connectivity index (χ4v) is 3.29. The minimum Gasteiger partial charge on any atom is -0.353 e. The maximum Gasteiger partial charge on any atom is 0.416 e. The highest BCUT2D eigenvalue weighted by atomic mass is 19.4. The molecule has 0 saturated carbocycles. The number of carbonyl (C=O) groups is 1. The average Bonchev–Trinajstić information content (AvgIpc) is 3.29. The van der Waals surface area contributed by atoms with Crippen LogP contribution in [-0.4, -0.2) is 44.8 Å². The molecule has 10 heteroatoms. The van der Waals surface area contributed by atoms with Gasteiger partial charge in [-0.15, -0.1) is 15.3 Å². The summed E-state index contributed by atoms with van der Waals surface area (Å²) in [5.74, 6) is 0.454. The Morgan fingerprint density at radius 3 is 2.93 bits per heavy atom. The molecule has 1 amide bonds. The van der Waals surface area contributed by atoms with Gasteiger partial charge in [0.1, 0.15) is 12.1 Å². The Labute approximate surface area is 158 Å². The van der Waals surface area contributed by atoms with Crippen molar-refractivity contribution in [3.8, 4) is 0 Å². The van der Waals surface area contributed by atoms with Crippen molar-refractivity contribution in [1.29, 1.82) is 0 Å². The van der Waals surface area contributed by atoms with E-state index in [1.807, 2.05) is 17.0 Å². The number of fused-ring (bicyclic) bond motifs is 1. The number of nitrogens with one attached hydrogen (secondary N) is 1. The first-order valence-corrected chi connectivity index (χ1v) is 8.76. The van der Waals surface area contributed by atoms with Gasteiger partial charge in [-0.2, -0.15) is 17.7 Å². The van der Waals surface area contributed by atoms with Crippen LogP contribution in [0.15, 0.2) is 42.7 Å². The Bertz CT molecular complexity index is 1000. The molecule has 1 aliphatic rings. The molecule has 1 saturated heterocycles. The minimum atomic E-state index is -4.42. The van der Waals surface area contributed by atoms with Crippen molar-refractivity contribution in [2.45, 2.75) is 25.1 Å². The highest BCUT2D eigenvalue weighted by molar-refractivity contribution is 5.79. The second-order valence-corrected chi connectivity index (χ2v) is 6.70. The van der Waals surface area contributed by atoms with Gasteiger partial charge >= 0.3 is 6.18 Å². The predicted octanol–water partition coefficient (Wildman–Crippen LogP) is 2.08. The fraction of sp³-hybridized carbons (Fsp3) is 0.333. The van der Waals surface area contributed by atoms with E-state index in [2.05, 4.69) is 20.6 Å². The van der Waals surface area contributed by atoms with E-state index >= 15 is 0 Å². The van der Waals surface area contributed by atoms with Gasteiger partial charge < -0.3 is 10.2 Å². The number of amides is 1. The van der Waals surface area contributed by atoms with Crippen molar-refractivity contribution in [3.05, 3.63) is 53.9 Å². The van der Waals surface area contributed by atoms with Crippen LogP contribution in [0.3, 0.4) is 0 Å². The van der Waals surface area contributed by atoms with Crippen LogP contribution < -0.4 is 10.2 Å². The Kier molecular flexibility index (Phi) is 4.62. The molecule has 0 spiro atoms. The van der Waals surface area contributed by atoms with Crippen LogP contribution in [0.2, 0.25) is 0 Å². The Balaban J connectivity index is 1.35. The topological polar surface area (TPSA) is 75.4 Å². The van der Waals surface area contributed by atoms with Crippen LogP contribution >= 0.6 is 0 Å². The monoisotopic (exact) mass is 390 g/mol. The number of alkyl halides is 3. The molecule has 0 bridgehead atoms. The number of carbonyl (C=O) groups excluding carboxylic acids is 1. The molecule has 1 aliphatic heterocycles. The lowest BCUT2D eigenvalue weighted by atomic mass is 10.1. The summed E-state index contributed by atoms with van der Waals surface area (Å²) in [6, 6.07) is 8.42. The molecule has 1 fully saturated rings. The number of aromatic nitrogens is 4.